The molecule has 0 fully saturated rings. The second-order valence-electron chi connectivity index (χ2n) is 3.15. The molecule has 2 nitrogen and oxygen atoms in total. The zero-order valence-corrected chi connectivity index (χ0v) is 8.77. The van der Waals surface area contributed by atoms with Gasteiger partial charge in [0.05, 0.1) is 4.88 Å². The fourth-order valence-corrected chi connectivity index (χ4v) is 2.01. The van der Waals surface area contributed by atoms with Gasteiger partial charge >= 0.3 is 6.18 Å². The van der Waals surface area contributed by atoms with Crippen LogP contribution in [0.25, 0.3) is 10.4 Å². The van der Waals surface area contributed by atoms with E-state index < -0.39 is 11.2 Å². The van der Waals surface area contributed by atoms with Crippen LogP contribution in [0.5, 0.6) is 0 Å². The number of thiazole rings is 1. The number of halogens is 3. The summed E-state index contributed by atoms with van der Waals surface area (Å²) in [7, 11) is 0. The molecule has 84 valence electrons. The predicted octanol–water partition coefficient (Wildman–Crippen LogP) is 3.41. The van der Waals surface area contributed by atoms with E-state index in [9.17, 15) is 13.2 Å². The zero-order valence-electron chi connectivity index (χ0n) is 7.95. The summed E-state index contributed by atoms with van der Waals surface area (Å²) in [4.78, 5) is 3.80. The Morgan fingerprint density at radius 2 is 2.00 bits per heavy atom. The van der Waals surface area contributed by atoms with Gasteiger partial charge in [-0.15, -0.1) is 11.3 Å². The molecule has 1 aromatic carbocycles. The molecule has 0 aliphatic heterocycles. The number of anilines is 1. The monoisotopic (exact) mass is 244 g/mol. The van der Waals surface area contributed by atoms with Gasteiger partial charge in [0.15, 0.2) is 5.01 Å². The van der Waals surface area contributed by atoms with Crippen LogP contribution >= 0.6 is 11.3 Å². The second kappa shape index (κ2) is 3.79. The van der Waals surface area contributed by atoms with Gasteiger partial charge < -0.3 is 5.73 Å². The van der Waals surface area contributed by atoms with Crippen molar-refractivity contribution in [2.45, 2.75) is 6.18 Å². The Kier molecular flexibility index (Phi) is 2.59. The van der Waals surface area contributed by atoms with E-state index >= 15 is 0 Å². The third-order valence-corrected chi connectivity index (χ3v) is 3.01. The van der Waals surface area contributed by atoms with Gasteiger partial charge in [-0.25, -0.2) is 4.98 Å². The minimum Gasteiger partial charge on any atom is -0.399 e. The number of hydrogen-bond donors (Lipinski definition) is 1. The Morgan fingerprint density at radius 3 is 2.56 bits per heavy atom. The summed E-state index contributed by atoms with van der Waals surface area (Å²) in [6, 6.07) is 6.69. The summed E-state index contributed by atoms with van der Waals surface area (Å²) in [5.74, 6) is 0. The summed E-state index contributed by atoms with van der Waals surface area (Å²) < 4.78 is 37.0. The number of nitrogen functional groups attached to an aromatic ring is 1. The summed E-state index contributed by atoms with van der Waals surface area (Å²) in [6.07, 6.45) is -3.18. The van der Waals surface area contributed by atoms with Crippen molar-refractivity contribution in [3.8, 4) is 10.4 Å². The number of nitrogens with two attached hydrogens (primary N) is 1. The van der Waals surface area contributed by atoms with Gasteiger partial charge in [0.2, 0.25) is 0 Å². The van der Waals surface area contributed by atoms with Crippen molar-refractivity contribution >= 4 is 17.0 Å². The second-order valence-corrected chi connectivity index (χ2v) is 4.18. The number of hydrogen-bond acceptors (Lipinski definition) is 3. The summed E-state index contributed by atoms with van der Waals surface area (Å²) >= 11 is 0.610. The summed E-state index contributed by atoms with van der Waals surface area (Å²) in [5, 5.41) is -0.843. The molecule has 0 radical (unpaired) electrons. The normalized spacial score (nSPS) is 11.7. The fourth-order valence-electron chi connectivity index (χ4n) is 1.23. The van der Waals surface area contributed by atoms with Crippen LogP contribution in [0, 0.1) is 0 Å². The Morgan fingerprint density at radius 1 is 1.25 bits per heavy atom. The van der Waals surface area contributed by atoms with Crippen molar-refractivity contribution in [1.82, 2.24) is 4.98 Å². The predicted molar refractivity (Wildman–Crippen MR) is 57.0 cm³/mol. The molecular weight excluding hydrogens is 237 g/mol. The summed E-state index contributed by atoms with van der Waals surface area (Å²) in [6.45, 7) is 0. The zero-order chi connectivity index (χ0) is 11.8. The number of benzene rings is 1. The fraction of sp³-hybridized carbons (Fsp3) is 0.100. The van der Waals surface area contributed by atoms with E-state index in [0.29, 0.717) is 27.5 Å². The van der Waals surface area contributed by atoms with Crippen molar-refractivity contribution in [3.63, 3.8) is 0 Å². The molecule has 0 saturated carbocycles. The van der Waals surface area contributed by atoms with Gasteiger partial charge in [0.25, 0.3) is 0 Å². The number of alkyl halides is 3. The van der Waals surface area contributed by atoms with Crippen LogP contribution in [-0.2, 0) is 6.18 Å². The third kappa shape index (κ3) is 2.16. The van der Waals surface area contributed by atoms with Gasteiger partial charge in [0.1, 0.15) is 0 Å². The smallest absolute Gasteiger partial charge is 0.399 e. The van der Waals surface area contributed by atoms with E-state index in [1.807, 2.05) is 0 Å². The van der Waals surface area contributed by atoms with E-state index in [-0.39, 0.29) is 0 Å². The Bertz CT molecular complexity index is 505. The van der Waals surface area contributed by atoms with Gasteiger partial charge in [-0.2, -0.15) is 13.2 Å². The molecule has 6 heteroatoms. The standard InChI is InChI=1S/C10H7F3N2S/c11-10(12,13)9-15-5-8(16-9)6-2-1-3-7(14)4-6/h1-5H,14H2. The molecule has 16 heavy (non-hydrogen) atoms. The molecular formula is C10H7F3N2S. The van der Waals surface area contributed by atoms with Gasteiger partial charge in [-0.05, 0) is 17.7 Å². The largest absolute Gasteiger partial charge is 0.443 e. The first-order valence-electron chi connectivity index (χ1n) is 4.36. The van der Waals surface area contributed by atoms with E-state index in [1.54, 1.807) is 24.3 Å². The molecule has 0 aliphatic rings. The van der Waals surface area contributed by atoms with Crippen molar-refractivity contribution in [1.29, 1.82) is 0 Å². The van der Waals surface area contributed by atoms with Crippen molar-refractivity contribution in [3.05, 3.63) is 35.5 Å². The van der Waals surface area contributed by atoms with Crippen molar-refractivity contribution in [2.75, 3.05) is 5.73 Å². The van der Waals surface area contributed by atoms with Crippen LogP contribution in [-0.4, -0.2) is 4.98 Å². The van der Waals surface area contributed by atoms with E-state index in [1.165, 1.54) is 6.20 Å². The molecule has 0 unspecified atom stereocenters. The van der Waals surface area contributed by atoms with E-state index in [4.69, 9.17) is 5.73 Å². The Hall–Kier alpha value is -1.56. The average Bonchev–Trinajstić information content (AvgIpc) is 2.65. The molecule has 0 aliphatic carbocycles. The highest BCUT2D eigenvalue weighted by Crippen LogP contribution is 2.36. The lowest BCUT2D eigenvalue weighted by atomic mass is 10.2. The number of nitrogens with zero attached hydrogens (tertiary/aromatic N) is 1. The molecule has 1 aromatic heterocycles. The maximum atomic E-state index is 12.3. The van der Waals surface area contributed by atoms with Crippen LogP contribution in [0.4, 0.5) is 18.9 Å². The molecule has 2 rings (SSSR count). The van der Waals surface area contributed by atoms with Crippen LogP contribution in [0.1, 0.15) is 5.01 Å². The maximum Gasteiger partial charge on any atom is 0.443 e. The van der Waals surface area contributed by atoms with Crippen LogP contribution in [0.15, 0.2) is 30.5 Å². The average molecular weight is 244 g/mol. The first kappa shape index (κ1) is 10.9. The molecule has 0 atom stereocenters. The Labute approximate surface area is 93.5 Å². The minimum absolute atomic E-state index is 0.458. The number of rotatable bonds is 1. The number of aromatic nitrogens is 1. The summed E-state index contributed by atoms with van der Waals surface area (Å²) in [5.41, 5.74) is 6.71. The SMILES string of the molecule is Nc1cccc(-c2cnc(C(F)(F)F)s2)c1. The van der Waals surface area contributed by atoms with Crippen LogP contribution in [0.2, 0.25) is 0 Å². The van der Waals surface area contributed by atoms with Gasteiger partial charge in [0, 0.05) is 11.9 Å². The molecule has 2 aromatic rings. The van der Waals surface area contributed by atoms with Gasteiger partial charge in [-0.3, -0.25) is 0 Å². The lowest BCUT2D eigenvalue weighted by Gasteiger charge is -2.00. The Balaban J connectivity index is 2.39. The third-order valence-electron chi connectivity index (χ3n) is 1.92. The maximum absolute atomic E-state index is 12.3. The lowest BCUT2D eigenvalue weighted by molar-refractivity contribution is -0.137. The molecule has 0 bridgehead atoms. The molecule has 0 amide bonds. The van der Waals surface area contributed by atoms with Crippen LogP contribution in [0.3, 0.4) is 0 Å². The molecule has 0 saturated heterocycles. The van der Waals surface area contributed by atoms with E-state index in [2.05, 4.69) is 4.98 Å². The highest BCUT2D eigenvalue weighted by molar-refractivity contribution is 7.15. The van der Waals surface area contributed by atoms with Gasteiger partial charge in [-0.1, -0.05) is 12.1 Å². The van der Waals surface area contributed by atoms with Crippen LogP contribution < -0.4 is 5.73 Å². The molecule has 0 spiro atoms. The minimum atomic E-state index is -4.39. The highest BCUT2D eigenvalue weighted by atomic mass is 32.1. The first-order chi connectivity index (χ1) is 7.47. The first-order valence-corrected chi connectivity index (χ1v) is 5.17. The van der Waals surface area contributed by atoms with Crippen molar-refractivity contribution < 1.29 is 13.2 Å². The van der Waals surface area contributed by atoms with Crippen molar-refractivity contribution in [2.24, 2.45) is 0 Å². The quantitative estimate of drug-likeness (QED) is 0.781. The molecule has 2 N–H and O–H groups in total. The topological polar surface area (TPSA) is 38.9 Å². The molecule has 1 heterocycles. The van der Waals surface area contributed by atoms with E-state index in [0.717, 1.165) is 0 Å². The lowest BCUT2D eigenvalue weighted by Crippen LogP contribution is -2.02. The highest BCUT2D eigenvalue weighted by Gasteiger charge is 2.34.